The minimum Gasteiger partial charge on any atom is -0.497 e. The van der Waals surface area contributed by atoms with Crippen molar-refractivity contribution in [3.05, 3.63) is 23.8 Å². The van der Waals surface area contributed by atoms with Crippen LogP contribution in [0.4, 0.5) is 10.5 Å². The number of hydrogen-bond acceptors (Lipinski definition) is 4. The molecule has 0 aliphatic heterocycles. The normalized spacial score (nSPS) is 11.6. The Labute approximate surface area is 128 Å². The van der Waals surface area contributed by atoms with Crippen molar-refractivity contribution in [2.24, 2.45) is 0 Å². The van der Waals surface area contributed by atoms with Gasteiger partial charge in [-0.25, -0.2) is 9.59 Å². The SMILES string of the molecule is CCC(CSC)NC(=O)Nc1ccc(OC)cc1C(=O)O. The first-order valence-corrected chi connectivity index (χ1v) is 7.89. The van der Waals surface area contributed by atoms with Gasteiger partial charge >= 0.3 is 12.0 Å². The zero-order chi connectivity index (χ0) is 15.8. The van der Waals surface area contributed by atoms with E-state index in [-0.39, 0.29) is 17.3 Å². The van der Waals surface area contributed by atoms with Crippen LogP contribution in [0.5, 0.6) is 5.75 Å². The summed E-state index contributed by atoms with van der Waals surface area (Å²) in [4.78, 5) is 23.2. The number of ether oxygens (including phenoxy) is 1. The van der Waals surface area contributed by atoms with Gasteiger partial charge in [-0.1, -0.05) is 6.92 Å². The van der Waals surface area contributed by atoms with E-state index in [1.807, 2.05) is 13.2 Å². The molecule has 0 heterocycles. The quantitative estimate of drug-likeness (QED) is 0.720. The van der Waals surface area contributed by atoms with E-state index in [1.54, 1.807) is 17.8 Å². The van der Waals surface area contributed by atoms with Crippen molar-refractivity contribution in [2.75, 3.05) is 24.4 Å². The van der Waals surface area contributed by atoms with Crippen molar-refractivity contribution in [2.45, 2.75) is 19.4 Å². The Kier molecular flexibility index (Phi) is 6.87. The van der Waals surface area contributed by atoms with Crippen LogP contribution in [0.2, 0.25) is 0 Å². The summed E-state index contributed by atoms with van der Waals surface area (Å²) in [5, 5.41) is 14.6. The molecule has 6 nitrogen and oxygen atoms in total. The number of anilines is 1. The number of carbonyl (C=O) groups excluding carboxylic acids is 1. The lowest BCUT2D eigenvalue weighted by molar-refractivity contribution is 0.0697. The van der Waals surface area contributed by atoms with Gasteiger partial charge in [-0.3, -0.25) is 0 Å². The highest BCUT2D eigenvalue weighted by Crippen LogP contribution is 2.22. The van der Waals surface area contributed by atoms with Gasteiger partial charge in [0.05, 0.1) is 18.4 Å². The van der Waals surface area contributed by atoms with Gasteiger partial charge in [0.2, 0.25) is 0 Å². The van der Waals surface area contributed by atoms with Gasteiger partial charge in [0, 0.05) is 11.8 Å². The first-order chi connectivity index (χ1) is 10.0. The molecule has 1 aromatic rings. The van der Waals surface area contributed by atoms with E-state index in [1.165, 1.54) is 19.2 Å². The largest absolute Gasteiger partial charge is 0.497 e. The van der Waals surface area contributed by atoms with Crippen molar-refractivity contribution in [1.82, 2.24) is 5.32 Å². The molecular weight excluding hydrogens is 292 g/mol. The lowest BCUT2D eigenvalue weighted by atomic mass is 10.1. The highest BCUT2D eigenvalue weighted by molar-refractivity contribution is 7.98. The lowest BCUT2D eigenvalue weighted by Crippen LogP contribution is -2.39. The summed E-state index contributed by atoms with van der Waals surface area (Å²) >= 11 is 1.64. The minimum absolute atomic E-state index is 0.0117. The van der Waals surface area contributed by atoms with Crippen molar-refractivity contribution < 1.29 is 19.4 Å². The molecule has 1 aromatic carbocycles. The van der Waals surface area contributed by atoms with E-state index >= 15 is 0 Å². The number of amides is 2. The van der Waals surface area contributed by atoms with Crippen LogP contribution in [0.15, 0.2) is 18.2 Å². The summed E-state index contributed by atoms with van der Waals surface area (Å²) < 4.78 is 4.98. The average molecular weight is 312 g/mol. The molecule has 3 N–H and O–H groups in total. The van der Waals surface area contributed by atoms with E-state index < -0.39 is 12.0 Å². The summed E-state index contributed by atoms with van der Waals surface area (Å²) in [6, 6.07) is 4.12. The van der Waals surface area contributed by atoms with Crippen LogP contribution in [-0.2, 0) is 0 Å². The number of benzene rings is 1. The molecule has 0 spiro atoms. The third-order valence-electron chi connectivity index (χ3n) is 2.90. The number of urea groups is 1. The van der Waals surface area contributed by atoms with Gasteiger partial charge in [-0.05, 0) is 30.9 Å². The lowest BCUT2D eigenvalue weighted by Gasteiger charge is -2.17. The number of carboxylic acids is 1. The Hall–Kier alpha value is -1.89. The Bertz CT molecular complexity index is 508. The molecule has 0 aromatic heterocycles. The van der Waals surface area contributed by atoms with Crippen LogP contribution < -0.4 is 15.4 Å². The molecule has 0 radical (unpaired) electrons. The molecule has 2 amide bonds. The Morgan fingerprint density at radius 1 is 1.43 bits per heavy atom. The van der Waals surface area contributed by atoms with Gasteiger partial charge in [-0.2, -0.15) is 11.8 Å². The predicted molar refractivity (Wildman–Crippen MR) is 84.6 cm³/mol. The smallest absolute Gasteiger partial charge is 0.337 e. The Morgan fingerprint density at radius 3 is 2.67 bits per heavy atom. The van der Waals surface area contributed by atoms with Crippen LogP contribution in [-0.4, -0.2) is 42.3 Å². The van der Waals surface area contributed by atoms with Crippen LogP contribution in [0.25, 0.3) is 0 Å². The number of aromatic carboxylic acids is 1. The Balaban J connectivity index is 2.82. The molecule has 116 valence electrons. The fraction of sp³-hybridized carbons (Fsp3) is 0.429. The number of carboxylic acid groups (broad SMARTS) is 1. The summed E-state index contributed by atoms with van der Waals surface area (Å²) in [6.45, 7) is 1.98. The highest BCUT2D eigenvalue weighted by Gasteiger charge is 2.15. The zero-order valence-corrected chi connectivity index (χ0v) is 13.1. The third-order valence-corrected chi connectivity index (χ3v) is 3.64. The number of carbonyl (C=O) groups is 2. The topological polar surface area (TPSA) is 87.7 Å². The molecule has 0 saturated carbocycles. The summed E-state index contributed by atoms with van der Waals surface area (Å²) in [7, 11) is 1.45. The maximum Gasteiger partial charge on any atom is 0.337 e. The van der Waals surface area contributed by atoms with Crippen molar-refractivity contribution in [3.63, 3.8) is 0 Å². The van der Waals surface area contributed by atoms with Crippen molar-refractivity contribution in [1.29, 1.82) is 0 Å². The van der Waals surface area contributed by atoms with E-state index in [0.29, 0.717) is 5.75 Å². The maximum absolute atomic E-state index is 11.9. The molecule has 0 fully saturated rings. The number of rotatable bonds is 7. The number of thioether (sulfide) groups is 1. The molecule has 0 bridgehead atoms. The van der Waals surface area contributed by atoms with Gasteiger partial charge in [0.25, 0.3) is 0 Å². The summed E-state index contributed by atoms with van der Waals surface area (Å²) in [6.07, 6.45) is 2.77. The standard InChI is InChI=1S/C14H20N2O4S/c1-4-9(8-21-3)15-14(19)16-12-6-5-10(20-2)7-11(12)13(17)18/h5-7,9H,4,8H2,1-3H3,(H,17,18)(H2,15,16,19). The monoisotopic (exact) mass is 312 g/mol. The number of nitrogens with one attached hydrogen (secondary N) is 2. The highest BCUT2D eigenvalue weighted by atomic mass is 32.2. The molecule has 0 saturated heterocycles. The maximum atomic E-state index is 11.9. The number of hydrogen-bond donors (Lipinski definition) is 3. The number of methoxy groups -OCH3 is 1. The molecule has 7 heteroatoms. The Morgan fingerprint density at radius 2 is 2.14 bits per heavy atom. The van der Waals surface area contributed by atoms with Crippen LogP contribution in [0, 0.1) is 0 Å². The second-order valence-corrected chi connectivity index (χ2v) is 5.29. The van der Waals surface area contributed by atoms with E-state index in [2.05, 4.69) is 10.6 Å². The van der Waals surface area contributed by atoms with Crippen LogP contribution in [0.1, 0.15) is 23.7 Å². The second-order valence-electron chi connectivity index (χ2n) is 4.38. The summed E-state index contributed by atoms with van der Waals surface area (Å²) in [5.41, 5.74) is 0.224. The van der Waals surface area contributed by atoms with E-state index in [4.69, 9.17) is 4.74 Å². The molecule has 1 rings (SSSR count). The van der Waals surface area contributed by atoms with E-state index in [9.17, 15) is 14.7 Å². The average Bonchev–Trinajstić information content (AvgIpc) is 2.46. The molecule has 21 heavy (non-hydrogen) atoms. The van der Waals surface area contributed by atoms with Gasteiger partial charge in [-0.15, -0.1) is 0 Å². The van der Waals surface area contributed by atoms with Gasteiger partial charge in [0.1, 0.15) is 5.75 Å². The first-order valence-electron chi connectivity index (χ1n) is 6.49. The predicted octanol–water partition coefficient (Wildman–Crippen LogP) is 2.66. The van der Waals surface area contributed by atoms with Gasteiger partial charge in [0.15, 0.2) is 0 Å². The van der Waals surface area contributed by atoms with E-state index in [0.717, 1.165) is 12.2 Å². The first kappa shape index (κ1) is 17.2. The molecular formula is C14H20N2O4S. The van der Waals surface area contributed by atoms with Crippen LogP contribution in [0.3, 0.4) is 0 Å². The molecule has 0 aliphatic carbocycles. The molecule has 1 unspecified atom stereocenters. The summed E-state index contributed by atoms with van der Waals surface area (Å²) in [5.74, 6) is 0.103. The third kappa shape index (κ3) is 5.18. The van der Waals surface area contributed by atoms with Crippen molar-refractivity contribution in [3.8, 4) is 5.75 Å². The molecule has 1 atom stereocenters. The zero-order valence-electron chi connectivity index (χ0n) is 12.3. The van der Waals surface area contributed by atoms with Crippen molar-refractivity contribution >= 4 is 29.4 Å². The van der Waals surface area contributed by atoms with Gasteiger partial charge < -0.3 is 20.5 Å². The minimum atomic E-state index is -1.12. The van der Waals surface area contributed by atoms with Crippen LogP contribution >= 0.6 is 11.8 Å². The second kappa shape index (κ2) is 8.41. The fourth-order valence-electron chi connectivity index (χ4n) is 1.74. The fourth-order valence-corrected chi connectivity index (χ4v) is 2.46. The molecule has 0 aliphatic rings.